The van der Waals surface area contributed by atoms with Gasteiger partial charge in [-0.3, -0.25) is 0 Å². The molecule has 3 aromatic carbocycles. The highest BCUT2D eigenvalue weighted by Crippen LogP contribution is 2.37. The predicted molar refractivity (Wildman–Crippen MR) is 144 cm³/mol. The summed E-state index contributed by atoms with van der Waals surface area (Å²) in [5, 5.41) is 13.3. The van der Waals surface area contributed by atoms with Crippen LogP contribution >= 0.6 is 0 Å². The molecule has 0 heterocycles. The Balaban J connectivity index is 1.96. The first-order valence-electron chi connectivity index (χ1n) is 12.0. The Morgan fingerprint density at radius 1 is 0.853 bits per heavy atom. The molecule has 0 bridgehead atoms. The van der Waals surface area contributed by atoms with Crippen LogP contribution in [0.2, 0.25) is 5.04 Å². The van der Waals surface area contributed by atoms with Gasteiger partial charge in [0.05, 0.1) is 19.3 Å². The minimum Gasteiger partial charge on any atom is -0.405 e. The summed E-state index contributed by atoms with van der Waals surface area (Å²) >= 11 is 0. The van der Waals surface area contributed by atoms with Crippen molar-refractivity contribution in [2.45, 2.75) is 58.0 Å². The highest BCUT2D eigenvalue weighted by molar-refractivity contribution is 6.99. The van der Waals surface area contributed by atoms with Gasteiger partial charge >= 0.3 is 0 Å². The molecule has 0 amide bonds. The van der Waals surface area contributed by atoms with Crippen LogP contribution in [0.3, 0.4) is 0 Å². The van der Waals surface area contributed by atoms with E-state index < -0.39 is 20.5 Å². The molecule has 2 atom stereocenters. The van der Waals surface area contributed by atoms with Gasteiger partial charge in [-0.25, -0.2) is 0 Å². The van der Waals surface area contributed by atoms with E-state index in [0.717, 1.165) is 11.1 Å². The minimum absolute atomic E-state index is 0.140. The van der Waals surface area contributed by atoms with Gasteiger partial charge in [0.15, 0.2) is 0 Å². The Kier molecular flexibility index (Phi) is 9.03. The number of rotatable bonds is 11. The summed E-state index contributed by atoms with van der Waals surface area (Å²) in [5.74, 6) is 0. The molecule has 0 saturated carbocycles. The van der Waals surface area contributed by atoms with Crippen LogP contribution in [0, 0.1) is 0 Å². The Morgan fingerprint density at radius 3 is 1.76 bits per heavy atom. The molecular weight excluding hydrogens is 436 g/mol. The Morgan fingerprint density at radius 2 is 1.32 bits per heavy atom. The maximum absolute atomic E-state index is 11.0. The number of ether oxygens (including phenoxy) is 1. The molecule has 0 aromatic heterocycles. The maximum Gasteiger partial charge on any atom is 0.261 e. The third kappa shape index (κ3) is 6.33. The Hall–Kier alpha value is -2.50. The molecule has 0 saturated heterocycles. The van der Waals surface area contributed by atoms with Gasteiger partial charge in [-0.2, -0.15) is 0 Å². The van der Waals surface area contributed by atoms with Gasteiger partial charge in [0.25, 0.3) is 8.32 Å². The molecule has 0 fully saturated rings. The Bertz CT molecular complexity index is 974. The topological polar surface area (TPSA) is 38.7 Å². The predicted octanol–water partition coefficient (Wildman–Crippen LogP) is 5.48. The van der Waals surface area contributed by atoms with Crippen molar-refractivity contribution >= 4 is 18.7 Å². The molecule has 4 heteroatoms. The van der Waals surface area contributed by atoms with E-state index in [1.54, 1.807) is 0 Å². The Labute approximate surface area is 206 Å². The summed E-state index contributed by atoms with van der Waals surface area (Å²) < 4.78 is 13.3. The minimum atomic E-state index is -2.72. The summed E-state index contributed by atoms with van der Waals surface area (Å²) in [5.41, 5.74) is 1.99. The molecule has 0 aliphatic carbocycles. The van der Waals surface area contributed by atoms with E-state index in [0.29, 0.717) is 19.6 Å². The van der Waals surface area contributed by atoms with Gasteiger partial charge < -0.3 is 14.3 Å². The molecule has 3 aromatic rings. The molecular formula is C30H38O3Si. The lowest BCUT2D eigenvalue weighted by atomic mass is 10.1. The van der Waals surface area contributed by atoms with E-state index in [1.807, 2.05) is 49.4 Å². The van der Waals surface area contributed by atoms with Gasteiger partial charge in [-0.15, -0.1) is 6.58 Å². The van der Waals surface area contributed by atoms with Crippen molar-refractivity contribution in [3.05, 3.63) is 109 Å². The van der Waals surface area contributed by atoms with E-state index in [2.05, 4.69) is 75.9 Å². The average Bonchev–Trinajstić information content (AvgIpc) is 2.82. The number of aliphatic hydroxyl groups is 1. The largest absolute Gasteiger partial charge is 0.405 e. The van der Waals surface area contributed by atoms with Gasteiger partial charge in [0.2, 0.25) is 0 Å². The zero-order valence-corrected chi connectivity index (χ0v) is 21.9. The fourth-order valence-corrected chi connectivity index (χ4v) is 9.07. The molecule has 0 radical (unpaired) electrons. The zero-order valence-electron chi connectivity index (χ0n) is 20.9. The second kappa shape index (κ2) is 11.8. The first-order valence-corrected chi connectivity index (χ1v) is 13.9. The highest BCUT2D eigenvalue weighted by Gasteiger charge is 2.50. The summed E-state index contributed by atoms with van der Waals surface area (Å²) in [4.78, 5) is 0. The molecule has 0 spiro atoms. The van der Waals surface area contributed by atoms with Crippen LogP contribution in [0.25, 0.3) is 0 Å². The number of hydrogen-bond acceptors (Lipinski definition) is 3. The van der Waals surface area contributed by atoms with E-state index in [1.165, 1.54) is 10.4 Å². The number of hydrogen-bond donors (Lipinski definition) is 1. The van der Waals surface area contributed by atoms with Crippen molar-refractivity contribution in [2.75, 3.05) is 6.61 Å². The lowest BCUT2D eigenvalue weighted by Gasteiger charge is -2.44. The summed E-state index contributed by atoms with van der Waals surface area (Å²) in [6.45, 7) is 13.4. The standard InChI is InChI=1S/C30H38O3Si/c1-24(2)21-28(31)29(32-22-25-15-9-6-10-16-25)23-33-34(30(3,4)5,26-17-11-7-12-18-26)27-19-13-8-14-20-27/h6-20,28-29,31H,1,21-23H2,2-5H3/t28-,29+/m0/s1. The molecule has 3 nitrogen and oxygen atoms in total. The van der Waals surface area contributed by atoms with Crippen molar-refractivity contribution in [3.63, 3.8) is 0 Å². The van der Waals surface area contributed by atoms with Crippen LogP contribution in [-0.2, 0) is 15.8 Å². The summed E-state index contributed by atoms with van der Waals surface area (Å²) in [6, 6.07) is 31.1. The van der Waals surface area contributed by atoms with Crippen molar-refractivity contribution in [2.24, 2.45) is 0 Å². The van der Waals surface area contributed by atoms with Gasteiger partial charge in [-0.05, 0) is 34.3 Å². The number of benzene rings is 3. The molecule has 3 rings (SSSR count). The summed E-state index contributed by atoms with van der Waals surface area (Å²) in [6.07, 6.45) is -0.693. The average molecular weight is 475 g/mol. The van der Waals surface area contributed by atoms with Crippen LogP contribution in [0.1, 0.15) is 39.7 Å². The van der Waals surface area contributed by atoms with Crippen LogP contribution in [0.5, 0.6) is 0 Å². The first-order chi connectivity index (χ1) is 16.2. The summed E-state index contributed by atoms with van der Waals surface area (Å²) in [7, 11) is -2.72. The number of aliphatic hydroxyl groups excluding tert-OH is 1. The maximum atomic E-state index is 11.0. The van der Waals surface area contributed by atoms with Gasteiger partial charge in [0, 0.05) is 0 Å². The fraction of sp³-hybridized carbons (Fsp3) is 0.333. The van der Waals surface area contributed by atoms with Crippen molar-refractivity contribution < 1.29 is 14.3 Å². The molecule has 0 aliphatic rings. The quantitative estimate of drug-likeness (QED) is 0.296. The third-order valence-electron chi connectivity index (χ3n) is 6.17. The molecule has 1 N–H and O–H groups in total. The lowest BCUT2D eigenvalue weighted by molar-refractivity contribution is -0.0668. The molecule has 0 unspecified atom stereocenters. The monoisotopic (exact) mass is 474 g/mol. The van der Waals surface area contributed by atoms with Crippen molar-refractivity contribution in [1.29, 1.82) is 0 Å². The van der Waals surface area contributed by atoms with Crippen LogP contribution < -0.4 is 10.4 Å². The normalized spacial score (nSPS) is 13.9. The van der Waals surface area contributed by atoms with Crippen molar-refractivity contribution in [3.8, 4) is 0 Å². The van der Waals surface area contributed by atoms with Crippen LogP contribution in [0.4, 0.5) is 0 Å². The first kappa shape index (κ1) is 26.1. The second-order valence-electron chi connectivity index (χ2n) is 10.0. The van der Waals surface area contributed by atoms with Gasteiger partial charge in [-0.1, -0.05) is 117 Å². The molecule has 34 heavy (non-hydrogen) atoms. The molecule has 180 valence electrons. The fourth-order valence-electron chi connectivity index (χ4n) is 4.50. The van der Waals surface area contributed by atoms with Crippen LogP contribution in [0.15, 0.2) is 103 Å². The SMILES string of the molecule is C=C(C)C[C@H](O)[C@@H](CO[Si](c1ccccc1)(c1ccccc1)C(C)(C)C)OCc1ccccc1. The van der Waals surface area contributed by atoms with E-state index in [4.69, 9.17) is 9.16 Å². The third-order valence-corrected chi connectivity index (χ3v) is 11.2. The molecule has 0 aliphatic heterocycles. The van der Waals surface area contributed by atoms with Crippen molar-refractivity contribution in [1.82, 2.24) is 0 Å². The van der Waals surface area contributed by atoms with E-state index >= 15 is 0 Å². The zero-order chi connectivity index (χ0) is 24.6. The highest BCUT2D eigenvalue weighted by atomic mass is 28.4. The van der Waals surface area contributed by atoms with Gasteiger partial charge in [0.1, 0.15) is 6.10 Å². The van der Waals surface area contributed by atoms with Crippen LogP contribution in [-0.4, -0.2) is 32.2 Å². The lowest BCUT2D eigenvalue weighted by Crippen LogP contribution is -2.67. The van der Waals surface area contributed by atoms with E-state index in [9.17, 15) is 5.11 Å². The van der Waals surface area contributed by atoms with E-state index in [-0.39, 0.29) is 5.04 Å². The second-order valence-corrected chi connectivity index (χ2v) is 14.3. The smallest absolute Gasteiger partial charge is 0.261 e.